The van der Waals surface area contributed by atoms with Crippen LogP contribution in [0.4, 0.5) is 0 Å². The summed E-state index contributed by atoms with van der Waals surface area (Å²) in [7, 11) is 3.63. The van der Waals surface area contributed by atoms with E-state index in [1.165, 1.54) is 0 Å². The summed E-state index contributed by atoms with van der Waals surface area (Å²) >= 11 is 0. The van der Waals surface area contributed by atoms with E-state index in [-0.39, 0.29) is 5.91 Å². The Bertz CT molecular complexity index is 944. The van der Waals surface area contributed by atoms with E-state index in [4.69, 9.17) is 4.74 Å². The third-order valence-electron chi connectivity index (χ3n) is 4.17. The first kappa shape index (κ1) is 17.7. The van der Waals surface area contributed by atoms with E-state index in [9.17, 15) is 4.79 Å². The van der Waals surface area contributed by atoms with Crippen molar-refractivity contribution in [3.05, 3.63) is 66.0 Å². The maximum absolute atomic E-state index is 12.7. The largest absolute Gasteiger partial charge is 0.490 e. The van der Waals surface area contributed by atoms with Gasteiger partial charge in [-0.15, -0.1) is 0 Å². The van der Waals surface area contributed by atoms with E-state index in [2.05, 4.69) is 16.7 Å². The van der Waals surface area contributed by atoms with Crippen LogP contribution in [0.15, 0.2) is 49.2 Å². The maximum Gasteiger partial charge on any atom is 0.255 e. The van der Waals surface area contributed by atoms with Gasteiger partial charge in [0.25, 0.3) is 5.91 Å². The lowest BCUT2D eigenvalue weighted by atomic mass is 10.1. The number of carbonyl (C=O) groups is 1. The van der Waals surface area contributed by atoms with Crippen molar-refractivity contribution < 1.29 is 9.53 Å². The Balaban J connectivity index is 1.73. The van der Waals surface area contributed by atoms with Crippen molar-refractivity contribution in [1.29, 1.82) is 0 Å². The number of aromatic nitrogens is 3. The lowest BCUT2D eigenvalue weighted by Crippen LogP contribution is -2.26. The fourth-order valence-electron chi connectivity index (χ4n) is 2.84. The summed E-state index contributed by atoms with van der Waals surface area (Å²) < 4.78 is 7.19. The first-order chi connectivity index (χ1) is 12.5. The second-order valence-electron chi connectivity index (χ2n) is 6.21. The van der Waals surface area contributed by atoms with E-state index in [0.29, 0.717) is 18.7 Å². The number of amides is 1. The molecule has 0 spiro atoms. The molecule has 1 aromatic carbocycles. The summed E-state index contributed by atoms with van der Waals surface area (Å²) in [4.78, 5) is 18.8. The Hall–Kier alpha value is -3.15. The molecule has 6 heteroatoms. The van der Waals surface area contributed by atoms with Crippen molar-refractivity contribution in [3.8, 4) is 5.75 Å². The van der Waals surface area contributed by atoms with Crippen molar-refractivity contribution in [3.63, 3.8) is 0 Å². The van der Waals surface area contributed by atoms with Crippen LogP contribution in [-0.4, -0.2) is 39.2 Å². The van der Waals surface area contributed by atoms with Crippen LogP contribution in [0.1, 0.15) is 21.6 Å². The standard InChI is InChI=1S/C20H22N4O2/c1-5-10-26-17-8-6-15(7-9-17)13-23(3)20(25)16-11-18-14(2)22-24(4)19(18)21-12-16/h5-9,11-12H,1,10,13H2,2-4H3. The Morgan fingerprint density at radius 2 is 2.08 bits per heavy atom. The van der Waals surface area contributed by atoms with Crippen molar-refractivity contribution in [1.82, 2.24) is 19.7 Å². The summed E-state index contributed by atoms with van der Waals surface area (Å²) in [6.45, 7) is 6.52. The summed E-state index contributed by atoms with van der Waals surface area (Å²) in [5.41, 5.74) is 3.22. The van der Waals surface area contributed by atoms with Gasteiger partial charge in [-0.3, -0.25) is 9.48 Å². The second-order valence-corrected chi connectivity index (χ2v) is 6.21. The fraction of sp³-hybridized carbons (Fsp3) is 0.250. The molecule has 0 unspecified atom stereocenters. The molecule has 0 saturated heterocycles. The number of rotatable bonds is 6. The minimum Gasteiger partial charge on any atom is -0.490 e. The van der Waals surface area contributed by atoms with Gasteiger partial charge in [0.1, 0.15) is 12.4 Å². The van der Waals surface area contributed by atoms with Crippen LogP contribution in [0.25, 0.3) is 11.0 Å². The number of hydrogen-bond acceptors (Lipinski definition) is 4. The third kappa shape index (κ3) is 3.59. The average molecular weight is 350 g/mol. The fourth-order valence-corrected chi connectivity index (χ4v) is 2.84. The number of ether oxygens (including phenoxy) is 1. The quantitative estimate of drug-likeness (QED) is 0.641. The molecule has 0 atom stereocenters. The monoisotopic (exact) mass is 350 g/mol. The van der Waals surface area contributed by atoms with Crippen LogP contribution in [-0.2, 0) is 13.6 Å². The van der Waals surface area contributed by atoms with E-state index in [0.717, 1.165) is 28.0 Å². The van der Waals surface area contributed by atoms with Gasteiger partial charge >= 0.3 is 0 Å². The first-order valence-electron chi connectivity index (χ1n) is 8.37. The summed E-state index contributed by atoms with van der Waals surface area (Å²) in [5, 5.41) is 5.24. The molecule has 6 nitrogen and oxygen atoms in total. The minimum absolute atomic E-state index is 0.0744. The number of aryl methyl sites for hydroxylation is 2. The van der Waals surface area contributed by atoms with Gasteiger partial charge < -0.3 is 9.64 Å². The summed E-state index contributed by atoms with van der Waals surface area (Å²) in [6.07, 6.45) is 3.31. The van der Waals surface area contributed by atoms with E-state index in [1.54, 1.807) is 28.9 Å². The van der Waals surface area contributed by atoms with Gasteiger partial charge in [0, 0.05) is 32.2 Å². The highest BCUT2D eigenvalue weighted by Gasteiger charge is 2.15. The second kappa shape index (κ2) is 7.39. The molecule has 0 radical (unpaired) electrons. The number of carbonyl (C=O) groups excluding carboxylic acids is 1. The third-order valence-corrected chi connectivity index (χ3v) is 4.17. The molecular formula is C20H22N4O2. The zero-order chi connectivity index (χ0) is 18.7. The van der Waals surface area contributed by atoms with Gasteiger partial charge in [-0.2, -0.15) is 5.10 Å². The van der Waals surface area contributed by atoms with Crippen LogP contribution in [0.3, 0.4) is 0 Å². The number of hydrogen-bond donors (Lipinski definition) is 0. The minimum atomic E-state index is -0.0744. The Morgan fingerprint density at radius 1 is 1.35 bits per heavy atom. The van der Waals surface area contributed by atoms with Gasteiger partial charge in [0.05, 0.1) is 11.3 Å². The highest BCUT2D eigenvalue weighted by atomic mass is 16.5. The molecule has 3 rings (SSSR count). The van der Waals surface area contributed by atoms with Gasteiger partial charge in [-0.25, -0.2) is 4.98 Å². The van der Waals surface area contributed by atoms with Gasteiger partial charge in [-0.05, 0) is 30.7 Å². The summed E-state index contributed by atoms with van der Waals surface area (Å²) in [5.74, 6) is 0.707. The lowest BCUT2D eigenvalue weighted by molar-refractivity contribution is 0.0785. The van der Waals surface area contributed by atoms with E-state index < -0.39 is 0 Å². The lowest BCUT2D eigenvalue weighted by Gasteiger charge is -2.17. The Morgan fingerprint density at radius 3 is 2.77 bits per heavy atom. The SMILES string of the molecule is C=CCOc1ccc(CN(C)C(=O)c2cnc3c(c2)c(C)nn3C)cc1. The van der Waals surface area contributed by atoms with Gasteiger partial charge in [0.2, 0.25) is 0 Å². The zero-order valence-electron chi connectivity index (χ0n) is 15.3. The number of pyridine rings is 1. The van der Waals surface area contributed by atoms with E-state index in [1.807, 2.05) is 44.3 Å². The van der Waals surface area contributed by atoms with Crippen LogP contribution in [0.2, 0.25) is 0 Å². The number of nitrogens with zero attached hydrogens (tertiary/aromatic N) is 4. The van der Waals surface area contributed by atoms with Crippen LogP contribution >= 0.6 is 0 Å². The molecule has 2 heterocycles. The maximum atomic E-state index is 12.7. The molecule has 0 aliphatic carbocycles. The molecule has 1 amide bonds. The highest BCUT2D eigenvalue weighted by molar-refractivity contribution is 5.97. The highest BCUT2D eigenvalue weighted by Crippen LogP contribution is 2.18. The van der Waals surface area contributed by atoms with Crippen molar-refractivity contribution in [2.24, 2.45) is 7.05 Å². The van der Waals surface area contributed by atoms with Crippen LogP contribution in [0.5, 0.6) is 5.75 Å². The molecule has 0 N–H and O–H groups in total. The Labute approximate surface area is 152 Å². The molecule has 0 saturated carbocycles. The molecule has 26 heavy (non-hydrogen) atoms. The predicted octanol–water partition coefficient (Wildman–Crippen LogP) is 3.11. The molecule has 0 aliphatic heterocycles. The summed E-state index contributed by atoms with van der Waals surface area (Å²) in [6, 6.07) is 9.55. The smallest absolute Gasteiger partial charge is 0.255 e. The van der Waals surface area contributed by atoms with Crippen molar-refractivity contribution in [2.45, 2.75) is 13.5 Å². The molecule has 134 valence electrons. The van der Waals surface area contributed by atoms with Crippen molar-refractivity contribution in [2.75, 3.05) is 13.7 Å². The average Bonchev–Trinajstić information content (AvgIpc) is 2.94. The first-order valence-corrected chi connectivity index (χ1v) is 8.37. The van der Waals surface area contributed by atoms with Crippen molar-refractivity contribution >= 4 is 16.9 Å². The topological polar surface area (TPSA) is 60.2 Å². The predicted molar refractivity (Wildman–Crippen MR) is 101 cm³/mol. The van der Waals surface area contributed by atoms with Crippen LogP contribution in [0, 0.1) is 6.92 Å². The molecule has 0 fully saturated rings. The zero-order valence-corrected chi connectivity index (χ0v) is 15.3. The van der Waals surface area contributed by atoms with Gasteiger partial charge in [0.15, 0.2) is 5.65 Å². The van der Waals surface area contributed by atoms with Crippen LogP contribution < -0.4 is 4.74 Å². The number of fused-ring (bicyclic) bond motifs is 1. The molecular weight excluding hydrogens is 328 g/mol. The molecule has 0 aliphatic rings. The molecule has 0 bridgehead atoms. The molecule has 2 aromatic heterocycles. The number of benzene rings is 1. The van der Waals surface area contributed by atoms with E-state index >= 15 is 0 Å². The molecule has 3 aromatic rings. The Kier molecular flexibility index (Phi) is 5.02. The van der Waals surface area contributed by atoms with Gasteiger partial charge in [-0.1, -0.05) is 24.8 Å². The normalized spacial score (nSPS) is 10.7.